The Labute approximate surface area is 225 Å². The number of aromatic carboxylic acids is 1. The summed E-state index contributed by atoms with van der Waals surface area (Å²) in [5.41, 5.74) is 9.50. The van der Waals surface area contributed by atoms with Gasteiger partial charge in [-0.1, -0.05) is 68.5 Å². The monoisotopic (exact) mass is 503 g/mol. The average molecular weight is 504 g/mol. The molecule has 0 aliphatic carbocycles. The number of carboxylic acid groups (broad SMARTS) is 1. The van der Waals surface area contributed by atoms with E-state index in [1.165, 1.54) is 33.9 Å². The molecular formula is C34H35N2O2+. The van der Waals surface area contributed by atoms with Crippen LogP contribution in [0.5, 0.6) is 0 Å². The van der Waals surface area contributed by atoms with Crippen LogP contribution < -0.4 is 4.90 Å². The van der Waals surface area contributed by atoms with E-state index in [0.717, 1.165) is 11.1 Å². The maximum atomic E-state index is 11.5. The fourth-order valence-corrected chi connectivity index (χ4v) is 5.99. The zero-order valence-electron chi connectivity index (χ0n) is 23.0. The minimum absolute atomic E-state index is 0.131. The number of rotatable bonds is 5. The lowest BCUT2D eigenvalue weighted by Gasteiger charge is -2.24. The first-order valence-electron chi connectivity index (χ1n) is 13.0. The summed E-state index contributed by atoms with van der Waals surface area (Å²) in [6.45, 7) is 9.04. The van der Waals surface area contributed by atoms with Crippen molar-refractivity contribution in [1.29, 1.82) is 0 Å². The number of nitrogens with zero attached hydrogens (tertiary/aromatic N) is 2. The van der Waals surface area contributed by atoms with Crippen LogP contribution >= 0.6 is 0 Å². The number of likely N-dealkylation sites (N-methyl/N-ethyl adjacent to an activating group) is 1. The van der Waals surface area contributed by atoms with Crippen molar-refractivity contribution in [2.45, 2.75) is 38.5 Å². The van der Waals surface area contributed by atoms with Crippen LogP contribution in [-0.4, -0.2) is 35.5 Å². The van der Waals surface area contributed by atoms with E-state index in [2.05, 4.69) is 124 Å². The molecule has 3 aromatic carbocycles. The Bertz CT molecular complexity index is 1550. The maximum absolute atomic E-state index is 11.5. The van der Waals surface area contributed by atoms with Crippen LogP contribution in [0.15, 0.2) is 103 Å². The maximum Gasteiger partial charge on any atom is 0.335 e. The molecule has 3 aromatic rings. The Morgan fingerprint density at radius 3 is 2.08 bits per heavy atom. The first-order chi connectivity index (χ1) is 18.0. The lowest BCUT2D eigenvalue weighted by atomic mass is 9.81. The van der Waals surface area contributed by atoms with Crippen LogP contribution in [-0.2, 0) is 10.8 Å². The molecule has 4 heteroatoms. The molecule has 0 amide bonds. The van der Waals surface area contributed by atoms with E-state index < -0.39 is 5.97 Å². The van der Waals surface area contributed by atoms with Gasteiger partial charge in [0.15, 0.2) is 5.71 Å². The summed E-state index contributed by atoms with van der Waals surface area (Å²) in [4.78, 5) is 13.7. The van der Waals surface area contributed by atoms with Crippen LogP contribution in [0.25, 0.3) is 5.57 Å². The fraction of sp³-hybridized carbons (Fsp3) is 0.235. The lowest BCUT2D eigenvalue weighted by Crippen LogP contribution is -2.26. The third-order valence-electron chi connectivity index (χ3n) is 8.19. The predicted octanol–water partition coefficient (Wildman–Crippen LogP) is 7.34. The van der Waals surface area contributed by atoms with E-state index in [4.69, 9.17) is 0 Å². The van der Waals surface area contributed by atoms with Crippen LogP contribution in [0, 0.1) is 0 Å². The molecule has 0 radical (unpaired) electrons. The van der Waals surface area contributed by atoms with Crippen molar-refractivity contribution < 1.29 is 14.5 Å². The number of allylic oxidation sites excluding steroid dienone is 6. The van der Waals surface area contributed by atoms with Crippen molar-refractivity contribution >= 4 is 28.6 Å². The van der Waals surface area contributed by atoms with Gasteiger partial charge in [0.05, 0.1) is 11.0 Å². The Morgan fingerprint density at radius 2 is 1.45 bits per heavy atom. The van der Waals surface area contributed by atoms with Crippen LogP contribution in [0.2, 0.25) is 0 Å². The number of benzene rings is 3. The molecule has 4 nitrogen and oxygen atoms in total. The van der Waals surface area contributed by atoms with E-state index in [1.807, 2.05) is 12.1 Å². The van der Waals surface area contributed by atoms with Crippen LogP contribution in [0.3, 0.4) is 0 Å². The molecule has 0 atom stereocenters. The van der Waals surface area contributed by atoms with Crippen molar-refractivity contribution in [3.8, 4) is 0 Å². The number of anilines is 1. The van der Waals surface area contributed by atoms with E-state index in [0.29, 0.717) is 0 Å². The van der Waals surface area contributed by atoms with E-state index in [-0.39, 0.29) is 16.4 Å². The normalized spacial score (nSPS) is 18.8. The molecule has 38 heavy (non-hydrogen) atoms. The molecular weight excluding hydrogens is 468 g/mol. The highest BCUT2D eigenvalue weighted by molar-refractivity contribution is 6.04. The zero-order valence-corrected chi connectivity index (χ0v) is 23.0. The number of fused-ring (bicyclic) bond motifs is 2. The minimum atomic E-state index is -0.922. The summed E-state index contributed by atoms with van der Waals surface area (Å²) in [6.07, 6.45) is 8.71. The Balaban J connectivity index is 1.59. The van der Waals surface area contributed by atoms with Crippen LogP contribution in [0.1, 0.15) is 54.7 Å². The second kappa shape index (κ2) is 9.29. The van der Waals surface area contributed by atoms with Crippen molar-refractivity contribution in [2.24, 2.45) is 0 Å². The summed E-state index contributed by atoms with van der Waals surface area (Å²) >= 11 is 0. The van der Waals surface area contributed by atoms with E-state index >= 15 is 0 Å². The Kier molecular flexibility index (Phi) is 6.22. The van der Waals surface area contributed by atoms with E-state index in [9.17, 15) is 9.90 Å². The van der Waals surface area contributed by atoms with Crippen LogP contribution in [0.4, 0.5) is 11.4 Å². The number of carboxylic acids is 1. The molecule has 0 saturated heterocycles. The van der Waals surface area contributed by atoms with Gasteiger partial charge in [0, 0.05) is 41.6 Å². The third-order valence-corrected chi connectivity index (χ3v) is 8.19. The Morgan fingerprint density at radius 1 is 0.842 bits per heavy atom. The van der Waals surface area contributed by atoms with Gasteiger partial charge in [0.25, 0.3) is 0 Å². The molecule has 0 aromatic heterocycles. The number of carbonyl (C=O) groups is 1. The summed E-state index contributed by atoms with van der Waals surface area (Å²) in [7, 11) is 4.24. The topological polar surface area (TPSA) is 43.5 Å². The van der Waals surface area contributed by atoms with Crippen molar-refractivity contribution in [3.63, 3.8) is 0 Å². The second-order valence-corrected chi connectivity index (χ2v) is 11.2. The van der Waals surface area contributed by atoms with Gasteiger partial charge in [-0.25, -0.2) is 4.79 Å². The van der Waals surface area contributed by atoms with Crippen molar-refractivity contribution in [3.05, 3.63) is 125 Å². The summed E-state index contributed by atoms with van der Waals surface area (Å²) < 4.78 is 2.26. The van der Waals surface area contributed by atoms with Gasteiger partial charge < -0.3 is 10.0 Å². The largest absolute Gasteiger partial charge is 0.478 e. The van der Waals surface area contributed by atoms with E-state index in [1.54, 1.807) is 12.1 Å². The zero-order chi connectivity index (χ0) is 27.2. The minimum Gasteiger partial charge on any atom is -0.478 e. The summed E-state index contributed by atoms with van der Waals surface area (Å²) in [6, 6.07) is 24.2. The SMILES string of the molecule is CN1/C(=C/C=C(/C=C/C2=[N+](C)c3ccccc3C2(C)C)c2ccc(C(=O)O)cc2)C(C)(C)c2ccccc21. The molecule has 2 heterocycles. The van der Waals surface area contributed by atoms with Gasteiger partial charge in [0.2, 0.25) is 5.69 Å². The highest BCUT2D eigenvalue weighted by Gasteiger charge is 2.42. The predicted molar refractivity (Wildman–Crippen MR) is 157 cm³/mol. The highest BCUT2D eigenvalue weighted by atomic mass is 16.4. The van der Waals surface area contributed by atoms with Crippen molar-refractivity contribution in [2.75, 3.05) is 19.0 Å². The number of hydrogen-bond acceptors (Lipinski definition) is 2. The molecule has 5 rings (SSSR count). The number of para-hydroxylation sites is 2. The van der Waals surface area contributed by atoms with Gasteiger partial charge in [-0.05, 0) is 60.9 Å². The lowest BCUT2D eigenvalue weighted by molar-refractivity contribution is -0.401. The quantitative estimate of drug-likeness (QED) is 0.293. The molecule has 1 N–H and O–H groups in total. The average Bonchev–Trinajstić information content (AvgIpc) is 3.22. The third kappa shape index (κ3) is 4.10. The molecule has 0 fully saturated rings. The first-order valence-corrected chi connectivity index (χ1v) is 13.0. The molecule has 2 aliphatic rings. The molecule has 192 valence electrons. The Hall–Kier alpha value is -4.18. The number of hydrogen-bond donors (Lipinski definition) is 1. The fourth-order valence-electron chi connectivity index (χ4n) is 5.99. The summed E-state index contributed by atoms with van der Waals surface area (Å²) in [5.74, 6) is -0.922. The first kappa shape index (κ1) is 25.5. The van der Waals surface area contributed by atoms with Gasteiger partial charge in [-0.3, -0.25) is 0 Å². The van der Waals surface area contributed by atoms with Gasteiger partial charge in [-0.2, -0.15) is 4.58 Å². The van der Waals surface area contributed by atoms with Gasteiger partial charge >= 0.3 is 5.97 Å². The molecule has 0 spiro atoms. The van der Waals surface area contributed by atoms with Crippen molar-refractivity contribution in [1.82, 2.24) is 0 Å². The molecule has 2 aliphatic heterocycles. The second-order valence-electron chi connectivity index (χ2n) is 11.2. The standard InChI is InChI=1S/C34H34N2O2/c1-33(2)26-11-7-9-13-28(26)35(5)30(33)21-19-24(23-15-17-25(18-16-23)32(37)38)20-22-31-34(3,4)27-12-8-10-14-29(27)36(31)6/h7-22H,1-6H3/p+1. The smallest absolute Gasteiger partial charge is 0.335 e. The molecule has 0 unspecified atom stereocenters. The summed E-state index contributed by atoms with van der Waals surface area (Å²) in [5, 5.41) is 9.40. The van der Waals surface area contributed by atoms with Gasteiger partial charge in [-0.15, -0.1) is 0 Å². The highest BCUT2D eigenvalue weighted by Crippen LogP contribution is 2.46. The molecule has 0 bridgehead atoms. The molecule has 0 saturated carbocycles. The van der Waals surface area contributed by atoms with Gasteiger partial charge in [0.1, 0.15) is 7.05 Å².